The Morgan fingerprint density at radius 1 is 1.42 bits per heavy atom. The van der Waals surface area contributed by atoms with Gasteiger partial charge in [0, 0.05) is 12.2 Å². The molecule has 0 saturated carbocycles. The molecule has 19 heavy (non-hydrogen) atoms. The second-order valence-electron chi connectivity index (χ2n) is 4.84. The van der Waals surface area contributed by atoms with E-state index in [1.54, 1.807) is 0 Å². The van der Waals surface area contributed by atoms with Crippen LogP contribution in [0, 0.1) is 11.8 Å². The maximum absolute atomic E-state index is 9.91. The van der Waals surface area contributed by atoms with Gasteiger partial charge in [0.25, 0.3) is 0 Å². The molecule has 3 heteroatoms. The molecule has 102 valence electrons. The summed E-state index contributed by atoms with van der Waals surface area (Å²) in [5.74, 6) is 6.29. The largest absolute Gasteiger partial charge is 0.388 e. The van der Waals surface area contributed by atoms with Gasteiger partial charge in [-0.15, -0.1) is 0 Å². The fourth-order valence-electron chi connectivity index (χ4n) is 2.17. The summed E-state index contributed by atoms with van der Waals surface area (Å²) in [5.41, 5.74) is 7.25. The minimum absolute atomic E-state index is 0.0615. The maximum atomic E-state index is 9.91. The minimum Gasteiger partial charge on any atom is -0.388 e. The molecule has 2 unspecified atom stereocenters. The van der Waals surface area contributed by atoms with Gasteiger partial charge in [-0.1, -0.05) is 24.0 Å². The van der Waals surface area contributed by atoms with E-state index < -0.39 is 6.10 Å². The first-order valence-electron chi connectivity index (χ1n) is 6.91. The lowest BCUT2D eigenvalue weighted by molar-refractivity contribution is 0.0526. The zero-order chi connectivity index (χ0) is 13.5. The van der Waals surface area contributed by atoms with E-state index in [1.807, 2.05) is 24.3 Å². The van der Waals surface area contributed by atoms with Crippen molar-refractivity contribution in [3.05, 3.63) is 35.4 Å². The Morgan fingerprint density at radius 2 is 2.32 bits per heavy atom. The van der Waals surface area contributed by atoms with Gasteiger partial charge < -0.3 is 15.6 Å². The Morgan fingerprint density at radius 3 is 3.05 bits per heavy atom. The first-order chi connectivity index (χ1) is 9.29. The SMILES string of the molecule is NCCC(O)c1cccc(C#CC2CCCCO2)c1. The van der Waals surface area contributed by atoms with Gasteiger partial charge in [0.2, 0.25) is 0 Å². The van der Waals surface area contributed by atoms with Crippen LogP contribution in [0.15, 0.2) is 24.3 Å². The van der Waals surface area contributed by atoms with Gasteiger partial charge in [0.1, 0.15) is 6.10 Å². The first kappa shape index (κ1) is 14.1. The summed E-state index contributed by atoms with van der Waals surface area (Å²) in [4.78, 5) is 0. The second-order valence-corrected chi connectivity index (χ2v) is 4.84. The molecular weight excluding hydrogens is 238 g/mol. The van der Waals surface area contributed by atoms with Crippen molar-refractivity contribution in [2.75, 3.05) is 13.2 Å². The van der Waals surface area contributed by atoms with E-state index in [0.717, 1.165) is 30.6 Å². The highest BCUT2D eigenvalue weighted by molar-refractivity contribution is 5.38. The van der Waals surface area contributed by atoms with Crippen molar-refractivity contribution in [2.24, 2.45) is 5.73 Å². The molecule has 1 aromatic rings. The molecule has 1 aliphatic rings. The number of rotatable bonds is 3. The van der Waals surface area contributed by atoms with Crippen LogP contribution in [0.5, 0.6) is 0 Å². The average Bonchev–Trinajstić information content (AvgIpc) is 2.47. The van der Waals surface area contributed by atoms with E-state index in [9.17, 15) is 5.11 Å². The van der Waals surface area contributed by atoms with Gasteiger partial charge in [0.05, 0.1) is 6.10 Å². The Labute approximate surface area is 114 Å². The molecule has 3 nitrogen and oxygen atoms in total. The minimum atomic E-state index is -0.502. The molecule has 0 aliphatic carbocycles. The third kappa shape index (κ3) is 4.36. The molecule has 1 fully saturated rings. The predicted molar refractivity (Wildman–Crippen MR) is 75.5 cm³/mol. The van der Waals surface area contributed by atoms with E-state index >= 15 is 0 Å². The molecule has 1 aliphatic heterocycles. The third-order valence-corrected chi connectivity index (χ3v) is 3.27. The zero-order valence-electron chi connectivity index (χ0n) is 11.1. The summed E-state index contributed by atoms with van der Waals surface area (Å²) in [7, 11) is 0. The molecule has 0 amide bonds. The van der Waals surface area contributed by atoms with Crippen LogP contribution in [0.25, 0.3) is 0 Å². The summed E-state index contributed by atoms with van der Waals surface area (Å²) in [6.45, 7) is 1.29. The number of aliphatic hydroxyl groups excluding tert-OH is 1. The van der Waals surface area contributed by atoms with Crippen LogP contribution >= 0.6 is 0 Å². The molecule has 0 radical (unpaired) electrons. The summed E-state index contributed by atoms with van der Waals surface area (Å²) >= 11 is 0. The van der Waals surface area contributed by atoms with Crippen molar-refractivity contribution in [3.8, 4) is 11.8 Å². The number of hydrogen-bond donors (Lipinski definition) is 2. The van der Waals surface area contributed by atoms with Gasteiger partial charge >= 0.3 is 0 Å². The first-order valence-corrected chi connectivity index (χ1v) is 6.91. The summed E-state index contributed by atoms with van der Waals surface area (Å²) in [6.07, 6.45) is 3.47. The van der Waals surface area contributed by atoms with Gasteiger partial charge in [-0.25, -0.2) is 0 Å². The maximum Gasteiger partial charge on any atom is 0.118 e. The van der Waals surface area contributed by atoms with Gasteiger partial charge in [-0.05, 0) is 49.9 Å². The molecular formula is C16H21NO2. The van der Waals surface area contributed by atoms with Crippen LogP contribution in [-0.4, -0.2) is 24.4 Å². The number of aliphatic hydroxyl groups is 1. The van der Waals surface area contributed by atoms with E-state index in [0.29, 0.717) is 13.0 Å². The molecule has 3 N–H and O–H groups in total. The summed E-state index contributed by atoms with van der Waals surface area (Å²) in [5, 5.41) is 9.91. The topological polar surface area (TPSA) is 55.5 Å². The van der Waals surface area contributed by atoms with Gasteiger partial charge in [0.15, 0.2) is 0 Å². The van der Waals surface area contributed by atoms with Gasteiger partial charge in [-0.2, -0.15) is 0 Å². The highest BCUT2D eigenvalue weighted by atomic mass is 16.5. The van der Waals surface area contributed by atoms with Crippen LogP contribution < -0.4 is 5.73 Å². The number of hydrogen-bond acceptors (Lipinski definition) is 3. The fourth-order valence-corrected chi connectivity index (χ4v) is 2.17. The van der Waals surface area contributed by atoms with E-state index in [2.05, 4.69) is 11.8 Å². The number of ether oxygens (including phenoxy) is 1. The molecule has 1 saturated heterocycles. The van der Waals surface area contributed by atoms with Crippen LogP contribution in [0.3, 0.4) is 0 Å². The Hall–Kier alpha value is -1.34. The predicted octanol–water partition coefficient (Wildman–Crippen LogP) is 1.99. The van der Waals surface area contributed by atoms with E-state index in [-0.39, 0.29) is 6.10 Å². The summed E-state index contributed by atoms with van der Waals surface area (Å²) in [6, 6.07) is 7.70. The van der Waals surface area contributed by atoms with Crippen LogP contribution in [0.1, 0.15) is 42.9 Å². The molecule has 1 aromatic carbocycles. The van der Waals surface area contributed by atoms with Gasteiger partial charge in [-0.3, -0.25) is 0 Å². The zero-order valence-corrected chi connectivity index (χ0v) is 11.1. The van der Waals surface area contributed by atoms with Crippen molar-refractivity contribution < 1.29 is 9.84 Å². The molecule has 2 rings (SSSR count). The lowest BCUT2D eigenvalue weighted by Gasteiger charge is -2.17. The lowest BCUT2D eigenvalue weighted by Crippen LogP contribution is -2.16. The van der Waals surface area contributed by atoms with Crippen molar-refractivity contribution in [3.63, 3.8) is 0 Å². The van der Waals surface area contributed by atoms with E-state index in [1.165, 1.54) is 6.42 Å². The van der Waals surface area contributed by atoms with Crippen LogP contribution in [-0.2, 0) is 4.74 Å². The highest BCUT2D eigenvalue weighted by Crippen LogP contribution is 2.17. The molecule has 1 heterocycles. The molecule has 0 bridgehead atoms. The van der Waals surface area contributed by atoms with Crippen LogP contribution in [0.2, 0.25) is 0 Å². The lowest BCUT2D eigenvalue weighted by atomic mass is 10.0. The van der Waals surface area contributed by atoms with Crippen molar-refractivity contribution in [1.82, 2.24) is 0 Å². The third-order valence-electron chi connectivity index (χ3n) is 3.27. The average molecular weight is 259 g/mol. The van der Waals surface area contributed by atoms with Crippen molar-refractivity contribution in [1.29, 1.82) is 0 Å². The molecule has 0 spiro atoms. The monoisotopic (exact) mass is 259 g/mol. The Balaban J connectivity index is 2.04. The van der Waals surface area contributed by atoms with E-state index in [4.69, 9.17) is 10.5 Å². The number of benzene rings is 1. The Kier molecular flexibility index (Phi) is 5.41. The normalized spacial score (nSPS) is 20.4. The smallest absolute Gasteiger partial charge is 0.118 e. The standard InChI is InChI=1S/C16H21NO2/c17-10-9-16(18)14-5-3-4-13(12-14)7-8-15-6-1-2-11-19-15/h3-5,12,15-16,18H,1-2,6,9-11,17H2. The summed E-state index contributed by atoms with van der Waals surface area (Å²) < 4.78 is 5.58. The molecule has 0 aromatic heterocycles. The fraction of sp³-hybridized carbons (Fsp3) is 0.500. The Bertz CT molecular complexity index is 455. The van der Waals surface area contributed by atoms with Crippen LogP contribution in [0.4, 0.5) is 0 Å². The second kappa shape index (κ2) is 7.30. The highest BCUT2D eigenvalue weighted by Gasteiger charge is 2.10. The van der Waals surface area contributed by atoms with Crippen molar-refractivity contribution in [2.45, 2.75) is 37.9 Å². The molecule has 2 atom stereocenters. The van der Waals surface area contributed by atoms with Crippen molar-refractivity contribution >= 4 is 0 Å². The quantitative estimate of drug-likeness (QED) is 0.816. The number of nitrogens with two attached hydrogens (primary N) is 1.